The van der Waals surface area contributed by atoms with Gasteiger partial charge in [-0.2, -0.15) is 0 Å². The van der Waals surface area contributed by atoms with E-state index in [1.165, 1.54) is 17.2 Å². The van der Waals surface area contributed by atoms with E-state index in [0.717, 1.165) is 11.8 Å². The Labute approximate surface area is 177 Å². The molecule has 1 fully saturated rings. The Hall–Kier alpha value is -3.25. The molecule has 0 bridgehead atoms. The number of amides is 1. The molecule has 2 atom stereocenters. The summed E-state index contributed by atoms with van der Waals surface area (Å²) >= 11 is 6.33. The minimum Gasteiger partial charge on any atom is -0.480 e. The predicted molar refractivity (Wildman–Crippen MR) is 111 cm³/mol. The van der Waals surface area contributed by atoms with Gasteiger partial charge in [0.2, 0.25) is 0 Å². The molecule has 1 N–H and O–H groups in total. The number of hydrogen-bond donors (Lipinski definition) is 1. The fraction of sp³-hybridized carbons (Fsp3) is 0.174. The van der Waals surface area contributed by atoms with E-state index < -0.39 is 23.9 Å². The van der Waals surface area contributed by atoms with Gasteiger partial charge in [0, 0.05) is 22.3 Å². The van der Waals surface area contributed by atoms with Crippen LogP contribution in [-0.2, 0) is 4.79 Å². The third kappa shape index (κ3) is 3.78. The van der Waals surface area contributed by atoms with Crippen molar-refractivity contribution in [3.05, 3.63) is 89.0 Å². The van der Waals surface area contributed by atoms with Crippen LogP contribution in [0.5, 0.6) is 0 Å². The quantitative estimate of drug-likeness (QED) is 0.641. The number of rotatable bonds is 4. The van der Waals surface area contributed by atoms with Crippen LogP contribution < -0.4 is 0 Å². The van der Waals surface area contributed by atoms with Crippen molar-refractivity contribution in [2.45, 2.75) is 24.9 Å². The van der Waals surface area contributed by atoms with Crippen molar-refractivity contribution in [3.8, 4) is 11.1 Å². The van der Waals surface area contributed by atoms with Gasteiger partial charge in [-0.15, -0.1) is 0 Å². The number of halogens is 2. The van der Waals surface area contributed by atoms with Gasteiger partial charge in [-0.3, -0.25) is 9.78 Å². The second kappa shape index (κ2) is 8.24. The van der Waals surface area contributed by atoms with Gasteiger partial charge in [0.05, 0.1) is 12.2 Å². The molecule has 0 aliphatic carbocycles. The second-order valence-corrected chi connectivity index (χ2v) is 7.56. The van der Waals surface area contributed by atoms with Crippen molar-refractivity contribution in [1.82, 2.24) is 9.88 Å². The Morgan fingerprint density at radius 3 is 2.43 bits per heavy atom. The van der Waals surface area contributed by atoms with Crippen LogP contribution in [0.15, 0.2) is 67.0 Å². The molecule has 0 spiro atoms. The lowest BCUT2D eigenvalue weighted by molar-refractivity contribution is -0.141. The van der Waals surface area contributed by atoms with Gasteiger partial charge in [0.15, 0.2) is 0 Å². The molecule has 152 valence electrons. The van der Waals surface area contributed by atoms with Crippen molar-refractivity contribution in [1.29, 1.82) is 0 Å². The predicted octanol–water partition coefficient (Wildman–Crippen LogP) is 4.97. The zero-order valence-corrected chi connectivity index (χ0v) is 16.6. The van der Waals surface area contributed by atoms with Crippen LogP contribution in [0.1, 0.15) is 34.8 Å². The number of nitrogens with zero attached hydrogens (tertiary/aromatic N) is 2. The molecule has 1 saturated heterocycles. The number of carboxylic acids is 1. The van der Waals surface area contributed by atoms with Crippen molar-refractivity contribution in [3.63, 3.8) is 0 Å². The van der Waals surface area contributed by atoms with E-state index in [0.29, 0.717) is 34.6 Å². The largest absolute Gasteiger partial charge is 0.480 e. The van der Waals surface area contributed by atoms with E-state index in [2.05, 4.69) is 4.98 Å². The molecule has 5 nitrogen and oxygen atoms in total. The molecule has 1 aromatic heterocycles. The number of benzene rings is 2. The number of aliphatic carboxylic acids is 1. The summed E-state index contributed by atoms with van der Waals surface area (Å²) in [4.78, 5) is 30.4. The van der Waals surface area contributed by atoms with Crippen LogP contribution >= 0.6 is 11.6 Å². The number of hydrogen-bond acceptors (Lipinski definition) is 3. The molecule has 7 heteroatoms. The summed E-state index contributed by atoms with van der Waals surface area (Å²) in [5.74, 6) is -1.87. The Morgan fingerprint density at radius 1 is 1.03 bits per heavy atom. The molecular formula is C23H18ClFN2O3. The first-order chi connectivity index (χ1) is 14.5. The first kappa shape index (κ1) is 20.0. The van der Waals surface area contributed by atoms with Gasteiger partial charge in [0.25, 0.3) is 5.91 Å². The molecular weight excluding hydrogens is 407 g/mol. The molecule has 0 radical (unpaired) electrons. The highest BCUT2D eigenvalue weighted by molar-refractivity contribution is 6.31. The molecule has 2 heterocycles. The molecule has 3 aromatic rings. The fourth-order valence-electron chi connectivity index (χ4n) is 3.91. The molecule has 30 heavy (non-hydrogen) atoms. The highest BCUT2D eigenvalue weighted by Crippen LogP contribution is 2.40. The summed E-state index contributed by atoms with van der Waals surface area (Å²) in [6.45, 7) is 0. The summed E-state index contributed by atoms with van der Waals surface area (Å²) in [7, 11) is 0. The van der Waals surface area contributed by atoms with Crippen molar-refractivity contribution in [2.24, 2.45) is 0 Å². The zero-order valence-electron chi connectivity index (χ0n) is 15.8. The number of carbonyl (C=O) groups excluding carboxylic acids is 1. The van der Waals surface area contributed by atoms with E-state index in [1.807, 2.05) is 12.1 Å². The SMILES string of the molecule is O=C(O)[C@@H]1CC[C@H](c2ccccc2Cl)N1C(=O)c1ccc(-c2cncc(F)c2)cc1. The second-order valence-electron chi connectivity index (χ2n) is 7.15. The highest BCUT2D eigenvalue weighted by Gasteiger charge is 2.42. The van der Waals surface area contributed by atoms with Crippen molar-refractivity contribution in [2.75, 3.05) is 0 Å². The molecule has 1 aliphatic heterocycles. The van der Waals surface area contributed by atoms with Crippen LogP contribution in [0.25, 0.3) is 11.1 Å². The van der Waals surface area contributed by atoms with Gasteiger partial charge < -0.3 is 10.0 Å². The number of carboxylic acid groups (broad SMARTS) is 1. The maximum Gasteiger partial charge on any atom is 0.326 e. The van der Waals surface area contributed by atoms with E-state index in [-0.39, 0.29) is 5.91 Å². The van der Waals surface area contributed by atoms with Crippen LogP contribution in [0.3, 0.4) is 0 Å². The average molecular weight is 425 g/mol. The topological polar surface area (TPSA) is 70.5 Å². The van der Waals surface area contributed by atoms with Gasteiger partial charge in [-0.05, 0) is 48.2 Å². The molecule has 4 rings (SSSR count). The smallest absolute Gasteiger partial charge is 0.326 e. The first-order valence-electron chi connectivity index (χ1n) is 9.46. The third-order valence-electron chi connectivity index (χ3n) is 5.34. The first-order valence-corrected chi connectivity index (χ1v) is 9.84. The Morgan fingerprint density at radius 2 is 1.77 bits per heavy atom. The molecule has 0 unspecified atom stereocenters. The molecule has 1 amide bonds. The summed E-state index contributed by atoms with van der Waals surface area (Å²) in [5, 5.41) is 10.2. The Balaban J connectivity index is 1.66. The maximum atomic E-state index is 13.4. The standard InChI is InChI=1S/C23H18ClFN2O3/c24-19-4-2-1-3-18(19)20-9-10-21(23(29)30)27(20)22(28)15-7-5-14(6-8-15)16-11-17(25)13-26-12-16/h1-8,11-13,20-21H,9-10H2,(H,29,30)/t20-,21+/m1/s1. The number of likely N-dealkylation sites (tertiary alicyclic amines) is 1. The molecule has 2 aromatic carbocycles. The fourth-order valence-corrected chi connectivity index (χ4v) is 4.17. The van der Waals surface area contributed by atoms with Crippen LogP contribution in [0.4, 0.5) is 4.39 Å². The lowest BCUT2D eigenvalue weighted by atomic mass is 10.0. The van der Waals surface area contributed by atoms with Gasteiger partial charge in [-0.1, -0.05) is 41.9 Å². The number of carbonyl (C=O) groups is 2. The summed E-state index contributed by atoms with van der Waals surface area (Å²) in [5.41, 5.74) is 2.39. The third-order valence-corrected chi connectivity index (χ3v) is 5.68. The highest BCUT2D eigenvalue weighted by atomic mass is 35.5. The van der Waals surface area contributed by atoms with Crippen LogP contribution in [-0.4, -0.2) is 32.9 Å². The molecule has 1 aliphatic rings. The van der Waals surface area contributed by atoms with Gasteiger partial charge in [0.1, 0.15) is 11.9 Å². The van der Waals surface area contributed by atoms with Crippen molar-refractivity contribution < 1.29 is 19.1 Å². The lowest BCUT2D eigenvalue weighted by Gasteiger charge is -2.29. The van der Waals surface area contributed by atoms with E-state index in [1.54, 1.807) is 36.4 Å². The Bertz CT molecular complexity index is 1100. The number of aromatic nitrogens is 1. The van der Waals surface area contributed by atoms with Crippen LogP contribution in [0, 0.1) is 5.82 Å². The lowest BCUT2D eigenvalue weighted by Crippen LogP contribution is -2.41. The maximum absolute atomic E-state index is 13.4. The summed E-state index contributed by atoms with van der Waals surface area (Å²) in [6, 6.07) is 13.8. The summed E-state index contributed by atoms with van der Waals surface area (Å²) < 4.78 is 13.4. The van der Waals surface area contributed by atoms with Gasteiger partial charge >= 0.3 is 5.97 Å². The van der Waals surface area contributed by atoms with E-state index in [4.69, 9.17) is 11.6 Å². The Kier molecular flexibility index (Phi) is 5.50. The number of pyridine rings is 1. The van der Waals surface area contributed by atoms with Gasteiger partial charge in [-0.25, -0.2) is 9.18 Å². The average Bonchev–Trinajstić information content (AvgIpc) is 3.19. The van der Waals surface area contributed by atoms with E-state index >= 15 is 0 Å². The van der Waals surface area contributed by atoms with Crippen molar-refractivity contribution >= 4 is 23.5 Å². The van der Waals surface area contributed by atoms with E-state index in [9.17, 15) is 19.1 Å². The minimum absolute atomic E-state index is 0.351. The monoisotopic (exact) mass is 424 g/mol. The zero-order chi connectivity index (χ0) is 21.3. The van der Waals surface area contributed by atoms with Crippen LogP contribution in [0.2, 0.25) is 5.02 Å². The normalized spacial score (nSPS) is 18.4. The minimum atomic E-state index is -1.04. The molecule has 0 saturated carbocycles. The summed E-state index contributed by atoms with van der Waals surface area (Å²) in [6.07, 6.45) is 3.52.